The van der Waals surface area contributed by atoms with Crippen LogP contribution in [0.1, 0.15) is 5.56 Å². The molecule has 8 heteroatoms. The molecule has 100 valence electrons. The van der Waals surface area contributed by atoms with Crippen molar-refractivity contribution in [3.63, 3.8) is 0 Å². The van der Waals surface area contributed by atoms with Crippen LogP contribution in [0.4, 0.5) is 0 Å². The van der Waals surface area contributed by atoms with Crippen molar-refractivity contribution in [2.24, 2.45) is 10.9 Å². The second-order valence-electron chi connectivity index (χ2n) is 3.58. The largest absolute Gasteiger partial charge is 0.409 e. The molecule has 0 aliphatic heterocycles. The Morgan fingerprint density at radius 1 is 1.56 bits per heavy atom. The number of nitrogens with zero attached hydrogens (tertiary/aromatic N) is 1. The van der Waals surface area contributed by atoms with Gasteiger partial charge in [0.25, 0.3) is 0 Å². The molecule has 0 atom stereocenters. The fourth-order valence-corrected chi connectivity index (χ4v) is 4.22. The Morgan fingerprint density at radius 2 is 2.22 bits per heavy atom. The van der Waals surface area contributed by atoms with E-state index in [1.54, 1.807) is 18.2 Å². The van der Waals surface area contributed by atoms with E-state index in [9.17, 15) is 8.42 Å². The van der Waals surface area contributed by atoms with Gasteiger partial charge in [0.1, 0.15) is 9.84 Å². The lowest BCUT2D eigenvalue weighted by Crippen LogP contribution is -2.15. The average Bonchev–Trinajstić information content (AvgIpc) is 2.26. The Morgan fingerprint density at radius 3 is 2.78 bits per heavy atom. The highest BCUT2D eigenvalue weighted by atomic mass is 79.9. The predicted octanol–water partition coefficient (Wildman–Crippen LogP) is 1.68. The molecule has 0 fully saturated rings. The Bertz CT molecular complexity index is 558. The van der Waals surface area contributed by atoms with Gasteiger partial charge < -0.3 is 10.9 Å². The van der Waals surface area contributed by atoms with Gasteiger partial charge in [0.05, 0.1) is 5.75 Å². The number of hydrogen-bond donors (Lipinski definition) is 2. The van der Waals surface area contributed by atoms with Crippen molar-refractivity contribution in [1.29, 1.82) is 0 Å². The molecule has 0 saturated heterocycles. The maximum Gasteiger partial charge on any atom is 0.172 e. The van der Waals surface area contributed by atoms with Gasteiger partial charge in [0.15, 0.2) is 5.84 Å². The van der Waals surface area contributed by atoms with E-state index >= 15 is 0 Å². The summed E-state index contributed by atoms with van der Waals surface area (Å²) in [6.45, 7) is 0. The first kappa shape index (κ1) is 15.3. The predicted molar refractivity (Wildman–Crippen MR) is 77.1 cm³/mol. The summed E-state index contributed by atoms with van der Waals surface area (Å²) in [6.07, 6.45) is 1.19. The summed E-state index contributed by atoms with van der Waals surface area (Å²) in [6, 6.07) is 5.38. The van der Waals surface area contributed by atoms with Crippen LogP contribution in [-0.2, 0) is 9.84 Å². The maximum atomic E-state index is 11.1. The zero-order valence-corrected chi connectivity index (χ0v) is 12.8. The van der Waals surface area contributed by atoms with Crippen LogP contribution < -0.4 is 5.73 Å². The van der Waals surface area contributed by atoms with Crippen LogP contribution in [0.5, 0.6) is 0 Å². The molecule has 0 spiro atoms. The zero-order chi connectivity index (χ0) is 13.8. The van der Waals surface area contributed by atoms with Crippen molar-refractivity contribution in [2.75, 3.05) is 17.8 Å². The Balaban J connectivity index is 2.93. The van der Waals surface area contributed by atoms with Crippen LogP contribution in [0.3, 0.4) is 0 Å². The Hall–Kier alpha value is -0.730. The number of sulfone groups is 1. The topological polar surface area (TPSA) is 92.8 Å². The van der Waals surface area contributed by atoms with Crippen LogP contribution in [-0.4, -0.2) is 37.2 Å². The monoisotopic (exact) mass is 352 g/mol. The summed E-state index contributed by atoms with van der Waals surface area (Å²) in [5, 5.41) is 11.7. The number of rotatable bonds is 5. The van der Waals surface area contributed by atoms with Crippen molar-refractivity contribution in [3.8, 4) is 0 Å². The molecule has 0 saturated carbocycles. The van der Waals surface area contributed by atoms with E-state index in [1.807, 2.05) is 0 Å². The molecule has 0 aliphatic carbocycles. The van der Waals surface area contributed by atoms with Crippen LogP contribution in [0.15, 0.2) is 32.7 Å². The molecule has 0 aromatic heterocycles. The maximum absolute atomic E-state index is 11.1. The lowest BCUT2D eigenvalue weighted by molar-refractivity contribution is 0.318. The van der Waals surface area contributed by atoms with E-state index in [0.717, 1.165) is 4.90 Å². The third-order valence-corrected chi connectivity index (χ3v) is 4.98. The summed E-state index contributed by atoms with van der Waals surface area (Å²) < 4.78 is 22.8. The van der Waals surface area contributed by atoms with Crippen molar-refractivity contribution in [1.82, 2.24) is 0 Å². The molecule has 3 N–H and O–H groups in total. The molecule has 18 heavy (non-hydrogen) atoms. The van der Waals surface area contributed by atoms with Gasteiger partial charge in [-0.15, -0.1) is 11.8 Å². The first-order valence-electron chi connectivity index (χ1n) is 4.92. The molecule has 1 aromatic rings. The van der Waals surface area contributed by atoms with Gasteiger partial charge in [-0.05, 0) is 28.1 Å². The minimum absolute atomic E-state index is 0.00988. The molecule has 0 unspecified atom stereocenters. The highest BCUT2D eigenvalue weighted by molar-refractivity contribution is 9.10. The number of hydrogen-bond acceptors (Lipinski definition) is 5. The van der Waals surface area contributed by atoms with E-state index < -0.39 is 9.84 Å². The smallest absolute Gasteiger partial charge is 0.172 e. The summed E-state index contributed by atoms with van der Waals surface area (Å²) in [4.78, 5) is 0.767. The molecular weight excluding hydrogens is 340 g/mol. The molecule has 0 heterocycles. The number of thioether (sulfide) groups is 1. The van der Waals surface area contributed by atoms with Crippen LogP contribution >= 0.6 is 27.7 Å². The quantitative estimate of drug-likeness (QED) is 0.276. The summed E-state index contributed by atoms with van der Waals surface area (Å²) in [5.41, 5.74) is 6.16. The molecule has 0 bridgehead atoms. The molecule has 1 rings (SSSR count). The third kappa shape index (κ3) is 4.51. The van der Waals surface area contributed by atoms with E-state index in [1.165, 1.54) is 18.0 Å². The van der Waals surface area contributed by atoms with Crippen LogP contribution in [0, 0.1) is 0 Å². The number of nitrogens with two attached hydrogens (primary N) is 1. The van der Waals surface area contributed by atoms with Gasteiger partial charge >= 0.3 is 0 Å². The lowest BCUT2D eigenvalue weighted by atomic mass is 10.2. The summed E-state index contributed by atoms with van der Waals surface area (Å²) in [7, 11) is -2.99. The second-order valence-corrected chi connectivity index (χ2v) is 7.83. The second kappa shape index (κ2) is 6.44. The number of benzene rings is 1. The van der Waals surface area contributed by atoms with Gasteiger partial charge in [0, 0.05) is 26.9 Å². The zero-order valence-electron chi connectivity index (χ0n) is 9.63. The van der Waals surface area contributed by atoms with Crippen molar-refractivity contribution < 1.29 is 13.6 Å². The number of amidine groups is 1. The molecule has 0 radical (unpaired) electrons. The first-order valence-corrected chi connectivity index (χ1v) is 8.76. The SMILES string of the molecule is CS(=O)(=O)CCSc1cccc(Br)c1/C(N)=N/O. The fraction of sp³-hybridized carbons (Fsp3) is 0.300. The van der Waals surface area contributed by atoms with E-state index in [0.29, 0.717) is 15.8 Å². The highest BCUT2D eigenvalue weighted by Gasteiger charge is 2.12. The molecule has 1 aromatic carbocycles. The van der Waals surface area contributed by atoms with E-state index in [2.05, 4.69) is 21.1 Å². The van der Waals surface area contributed by atoms with Crippen LogP contribution in [0.2, 0.25) is 0 Å². The first-order chi connectivity index (χ1) is 8.35. The van der Waals surface area contributed by atoms with E-state index in [4.69, 9.17) is 10.9 Å². The summed E-state index contributed by atoms with van der Waals surface area (Å²) >= 11 is 4.67. The minimum atomic E-state index is -2.99. The van der Waals surface area contributed by atoms with Gasteiger partial charge in [-0.1, -0.05) is 11.2 Å². The average molecular weight is 353 g/mol. The van der Waals surface area contributed by atoms with Gasteiger partial charge in [-0.25, -0.2) is 8.42 Å². The third-order valence-electron chi connectivity index (χ3n) is 2.05. The fourth-order valence-electron chi connectivity index (χ4n) is 1.23. The highest BCUT2D eigenvalue weighted by Crippen LogP contribution is 2.28. The minimum Gasteiger partial charge on any atom is -0.409 e. The molecule has 0 aliphatic rings. The molecule has 0 amide bonds. The van der Waals surface area contributed by atoms with Gasteiger partial charge in [0.2, 0.25) is 0 Å². The normalized spacial score (nSPS) is 12.7. The van der Waals surface area contributed by atoms with Gasteiger partial charge in [-0.3, -0.25) is 0 Å². The number of oxime groups is 1. The van der Waals surface area contributed by atoms with E-state index in [-0.39, 0.29) is 11.6 Å². The lowest BCUT2D eigenvalue weighted by Gasteiger charge is -2.09. The Labute approximate surface area is 118 Å². The van der Waals surface area contributed by atoms with Crippen LogP contribution in [0.25, 0.3) is 0 Å². The molecular formula is C10H13BrN2O3S2. The van der Waals surface area contributed by atoms with Crippen molar-refractivity contribution in [3.05, 3.63) is 28.2 Å². The number of halogens is 1. The van der Waals surface area contributed by atoms with Crippen molar-refractivity contribution >= 4 is 43.4 Å². The van der Waals surface area contributed by atoms with Crippen molar-refractivity contribution in [2.45, 2.75) is 4.90 Å². The standard InChI is InChI=1S/C10H13BrN2O3S2/c1-18(15,16)6-5-17-8-4-2-3-7(11)9(8)10(12)13-14/h2-4,14H,5-6H2,1H3,(H2,12,13). The summed E-state index contributed by atoms with van der Waals surface area (Å²) in [5.74, 6) is 0.491. The van der Waals surface area contributed by atoms with Gasteiger partial charge in [-0.2, -0.15) is 0 Å². The Kier molecular flexibility index (Phi) is 5.48. The molecule has 5 nitrogen and oxygen atoms in total.